The molecule has 1 saturated carbocycles. The van der Waals surface area contributed by atoms with E-state index in [2.05, 4.69) is 5.32 Å². The number of nitrogens with zero attached hydrogens (tertiary/aromatic N) is 1. The van der Waals surface area contributed by atoms with E-state index in [1.54, 1.807) is 13.0 Å². The van der Waals surface area contributed by atoms with E-state index in [0.29, 0.717) is 37.6 Å². The van der Waals surface area contributed by atoms with Crippen LogP contribution < -0.4 is 14.8 Å². The Labute approximate surface area is 175 Å². The predicted molar refractivity (Wildman–Crippen MR) is 106 cm³/mol. The van der Waals surface area contributed by atoms with Gasteiger partial charge in [0.15, 0.2) is 17.6 Å². The quantitative estimate of drug-likeness (QED) is 0.661. The molecule has 4 rings (SSSR count). The smallest absolute Gasteiger partial charge is 0.309 e. The van der Waals surface area contributed by atoms with Crippen molar-refractivity contribution in [1.29, 1.82) is 0 Å². The molecule has 0 radical (unpaired) electrons. The Balaban J connectivity index is 1.33. The molecule has 1 N–H and O–H groups in total. The van der Waals surface area contributed by atoms with Gasteiger partial charge in [-0.25, -0.2) is 8.42 Å². The van der Waals surface area contributed by atoms with Crippen molar-refractivity contribution >= 4 is 21.9 Å². The Morgan fingerprint density at radius 1 is 1.10 bits per heavy atom. The third-order valence-electron chi connectivity index (χ3n) is 5.52. The number of ether oxygens (including phenoxy) is 3. The minimum Gasteiger partial charge on any atom is -0.486 e. The van der Waals surface area contributed by atoms with E-state index in [1.807, 2.05) is 0 Å². The fourth-order valence-corrected chi connectivity index (χ4v) is 5.02. The molecule has 0 bridgehead atoms. The third-order valence-corrected chi connectivity index (χ3v) is 7.42. The summed E-state index contributed by atoms with van der Waals surface area (Å²) in [5, 5.41) is 2.81. The molecule has 9 nitrogen and oxygen atoms in total. The number of carbonyl (C=O) groups is 2. The minimum absolute atomic E-state index is 0.137. The number of esters is 1. The summed E-state index contributed by atoms with van der Waals surface area (Å²) in [6.07, 6.45) is 1.77. The van der Waals surface area contributed by atoms with Crippen LogP contribution in [-0.2, 0) is 24.3 Å². The van der Waals surface area contributed by atoms with Crippen LogP contribution >= 0.6 is 0 Å². The van der Waals surface area contributed by atoms with Crippen LogP contribution in [0.3, 0.4) is 0 Å². The van der Waals surface area contributed by atoms with Crippen molar-refractivity contribution in [3.8, 4) is 11.5 Å². The normalized spacial score (nSPS) is 21.0. The van der Waals surface area contributed by atoms with E-state index in [0.717, 1.165) is 12.8 Å². The van der Waals surface area contributed by atoms with Gasteiger partial charge in [0.1, 0.15) is 13.2 Å². The molecule has 0 spiro atoms. The van der Waals surface area contributed by atoms with Crippen molar-refractivity contribution in [1.82, 2.24) is 9.62 Å². The van der Waals surface area contributed by atoms with Crippen LogP contribution in [0.5, 0.6) is 11.5 Å². The fourth-order valence-electron chi connectivity index (χ4n) is 3.54. The molecule has 164 valence electrons. The first-order valence-corrected chi connectivity index (χ1v) is 11.7. The average molecular weight is 439 g/mol. The molecule has 2 fully saturated rings. The first-order valence-electron chi connectivity index (χ1n) is 10.3. The standard InChI is InChI=1S/C20H26N2O7S/c1-13(19(23)21-15-2-3-15)29-20(24)14-6-8-22(9-7-14)30(25,26)16-4-5-17-18(12-16)28-11-10-27-17/h4-5,12-15H,2-3,6-11H2,1H3,(H,21,23)/t13-/m1/s1. The molecule has 1 aliphatic carbocycles. The van der Waals surface area contributed by atoms with Gasteiger partial charge in [0.25, 0.3) is 5.91 Å². The lowest BCUT2D eigenvalue weighted by molar-refractivity contribution is -0.159. The van der Waals surface area contributed by atoms with Gasteiger partial charge >= 0.3 is 5.97 Å². The summed E-state index contributed by atoms with van der Waals surface area (Å²) in [4.78, 5) is 24.5. The molecule has 2 aliphatic heterocycles. The van der Waals surface area contributed by atoms with E-state index in [1.165, 1.54) is 16.4 Å². The summed E-state index contributed by atoms with van der Waals surface area (Å²) in [6, 6.07) is 4.78. The first-order chi connectivity index (χ1) is 14.3. The van der Waals surface area contributed by atoms with Gasteiger partial charge in [0, 0.05) is 25.2 Å². The number of hydrogen-bond acceptors (Lipinski definition) is 7. The molecule has 1 saturated heterocycles. The summed E-state index contributed by atoms with van der Waals surface area (Å²) < 4.78 is 43.6. The zero-order valence-electron chi connectivity index (χ0n) is 16.8. The van der Waals surface area contributed by atoms with E-state index < -0.39 is 28.0 Å². The summed E-state index contributed by atoms with van der Waals surface area (Å²) >= 11 is 0. The number of nitrogens with one attached hydrogen (secondary N) is 1. The number of fused-ring (bicyclic) bond motifs is 1. The Kier molecular flexibility index (Phi) is 5.88. The lowest BCUT2D eigenvalue weighted by Gasteiger charge is -2.30. The predicted octanol–water partition coefficient (Wildman–Crippen LogP) is 1.07. The van der Waals surface area contributed by atoms with Gasteiger partial charge in [-0.1, -0.05) is 0 Å². The first kappa shape index (κ1) is 20.9. The summed E-state index contributed by atoms with van der Waals surface area (Å²) in [5.41, 5.74) is 0. The number of benzene rings is 1. The van der Waals surface area contributed by atoms with E-state index in [9.17, 15) is 18.0 Å². The number of amides is 1. The molecule has 1 aromatic carbocycles. The van der Waals surface area contributed by atoms with Gasteiger partial charge in [-0.05, 0) is 44.7 Å². The second kappa shape index (κ2) is 8.43. The van der Waals surface area contributed by atoms with Crippen LogP contribution in [0.25, 0.3) is 0 Å². The lowest BCUT2D eigenvalue weighted by atomic mass is 9.98. The maximum absolute atomic E-state index is 13.0. The molecule has 1 amide bonds. The van der Waals surface area contributed by atoms with Gasteiger partial charge in [-0.2, -0.15) is 4.31 Å². The third kappa shape index (κ3) is 4.54. The molecule has 30 heavy (non-hydrogen) atoms. The average Bonchev–Trinajstić information content (AvgIpc) is 3.57. The van der Waals surface area contributed by atoms with Crippen molar-refractivity contribution < 1.29 is 32.2 Å². The highest BCUT2D eigenvalue weighted by Crippen LogP contribution is 2.34. The molecule has 3 aliphatic rings. The van der Waals surface area contributed by atoms with Gasteiger partial charge in [-0.3, -0.25) is 9.59 Å². The van der Waals surface area contributed by atoms with E-state index in [-0.39, 0.29) is 29.9 Å². The van der Waals surface area contributed by atoms with Gasteiger partial charge in [0.2, 0.25) is 10.0 Å². The topological polar surface area (TPSA) is 111 Å². The van der Waals surface area contributed by atoms with Crippen LogP contribution in [0, 0.1) is 5.92 Å². The van der Waals surface area contributed by atoms with Gasteiger partial charge in [-0.15, -0.1) is 0 Å². The number of hydrogen-bond donors (Lipinski definition) is 1. The molecule has 10 heteroatoms. The molecule has 0 unspecified atom stereocenters. The number of piperidine rings is 1. The molecule has 0 aromatic heterocycles. The van der Waals surface area contributed by atoms with Gasteiger partial charge in [0.05, 0.1) is 10.8 Å². The SMILES string of the molecule is C[C@@H](OC(=O)C1CCN(S(=O)(=O)c2ccc3c(c2)OCCO3)CC1)C(=O)NC1CC1. The Bertz CT molecular complexity index is 921. The summed E-state index contributed by atoms with van der Waals surface area (Å²) in [5.74, 6) is -0.220. The summed E-state index contributed by atoms with van der Waals surface area (Å²) in [6.45, 7) is 2.78. The molecule has 1 aromatic rings. The van der Waals surface area contributed by atoms with Crippen LogP contribution in [0.2, 0.25) is 0 Å². The Morgan fingerprint density at radius 2 is 1.77 bits per heavy atom. The van der Waals surface area contributed by atoms with Crippen molar-refractivity contribution in [3.05, 3.63) is 18.2 Å². The van der Waals surface area contributed by atoms with Gasteiger partial charge < -0.3 is 19.5 Å². The number of sulfonamides is 1. The highest BCUT2D eigenvalue weighted by Gasteiger charge is 2.35. The molecule has 1 atom stereocenters. The number of rotatable bonds is 6. The highest BCUT2D eigenvalue weighted by molar-refractivity contribution is 7.89. The fraction of sp³-hybridized carbons (Fsp3) is 0.600. The summed E-state index contributed by atoms with van der Waals surface area (Å²) in [7, 11) is -3.71. The van der Waals surface area contributed by atoms with E-state index in [4.69, 9.17) is 14.2 Å². The molecular formula is C20H26N2O7S. The van der Waals surface area contributed by atoms with E-state index >= 15 is 0 Å². The van der Waals surface area contributed by atoms with Crippen LogP contribution in [0.15, 0.2) is 23.1 Å². The monoisotopic (exact) mass is 438 g/mol. The van der Waals surface area contributed by atoms with Crippen molar-refractivity contribution in [2.75, 3.05) is 26.3 Å². The lowest BCUT2D eigenvalue weighted by Crippen LogP contribution is -2.42. The second-order valence-electron chi connectivity index (χ2n) is 7.85. The second-order valence-corrected chi connectivity index (χ2v) is 9.78. The Morgan fingerprint density at radius 3 is 2.43 bits per heavy atom. The zero-order valence-corrected chi connectivity index (χ0v) is 17.7. The minimum atomic E-state index is -3.71. The zero-order chi connectivity index (χ0) is 21.3. The largest absolute Gasteiger partial charge is 0.486 e. The van der Waals surface area contributed by atoms with Crippen molar-refractivity contribution in [2.45, 2.75) is 49.6 Å². The number of carbonyl (C=O) groups excluding carboxylic acids is 2. The Hall–Kier alpha value is -2.33. The van der Waals surface area contributed by atoms with Crippen molar-refractivity contribution in [3.63, 3.8) is 0 Å². The molecule has 2 heterocycles. The highest BCUT2D eigenvalue weighted by atomic mass is 32.2. The van der Waals surface area contributed by atoms with Crippen LogP contribution in [0.1, 0.15) is 32.6 Å². The molecular weight excluding hydrogens is 412 g/mol. The maximum atomic E-state index is 13.0. The van der Waals surface area contributed by atoms with Crippen LogP contribution in [0.4, 0.5) is 0 Å². The van der Waals surface area contributed by atoms with Crippen LogP contribution in [-0.4, -0.2) is 63.0 Å². The van der Waals surface area contributed by atoms with Crippen molar-refractivity contribution in [2.24, 2.45) is 5.92 Å². The maximum Gasteiger partial charge on any atom is 0.309 e.